The molecule has 0 saturated heterocycles. The summed E-state index contributed by atoms with van der Waals surface area (Å²) in [6.07, 6.45) is 0. The van der Waals surface area contributed by atoms with Gasteiger partial charge >= 0.3 is 0 Å². The molecule has 0 fully saturated rings. The van der Waals surface area contributed by atoms with Gasteiger partial charge in [-0.25, -0.2) is 9.37 Å². The lowest BCUT2D eigenvalue weighted by Crippen LogP contribution is -2.29. The van der Waals surface area contributed by atoms with Crippen LogP contribution in [0.1, 0.15) is 21.1 Å². The monoisotopic (exact) mass is 310 g/mol. The minimum Gasteiger partial charge on any atom is -0.296 e. The number of nitrogens with zero attached hydrogens (tertiary/aromatic N) is 2. The predicted molar refractivity (Wildman–Crippen MR) is 73.8 cm³/mol. The molecular weight excluding hydrogens is 303 g/mol. The lowest BCUT2D eigenvalue weighted by molar-refractivity contribution is -0.114. The Kier molecular flexibility index (Phi) is 3.07. The van der Waals surface area contributed by atoms with Crippen LogP contribution in [-0.2, 0) is 11.3 Å². The maximum atomic E-state index is 14.0. The molecule has 2 aromatic rings. The fourth-order valence-electron chi connectivity index (χ4n) is 2.15. The lowest BCUT2D eigenvalue weighted by atomic mass is 10.1. The number of hydrogen-bond acceptors (Lipinski definition) is 4. The van der Waals surface area contributed by atoms with Crippen LogP contribution in [0.2, 0.25) is 5.02 Å². The Bertz CT molecular complexity index is 744. The molecule has 0 unspecified atom stereocenters. The summed E-state index contributed by atoms with van der Waals surface area (Å²) >= 11 is 7.32. The molecule has 0 bridgehead atoms. The van der Waals surface area contributed by atoms with Gasteiger partial charge in [-0.1, -0.05) is 11.6 Å². The third-order valence-corrected chi connectivity index (χ3v) is 4.14. The highest BCUT2D eigenvalue weighted by atomic mass is 35.5. The Morgan fingerprint density at radius 3 is 2.80 bits per heavy atom. The summed E-state index contributed by atoms with van der Waals surface area (Å²) in [5, 5.41) is 2.69. The summed E-state index contributed by atoms with van der Waals surface area (Å²) in [5.74, 6) is -2.20. The highest BCUT2D eigenvalue weighted by Crippen LogP contribution is 2.37. The van der Waals surface area contributed by atoms with Crippen LogP contribution in [0.4, 0.5) is 10.1 Å². The van der Waals surface area contributed by atoms with Crippen LogP contribution >= 0.6 is 22.9 Å². The number of thiazole rings is 1. The van der Waals surface area contributed by atoms with Gasteiger partial charge < -0.3 is 0 Å². The van der Waals surface area contributed by atoms with E-state index in [-0.39, 0.29) is 22.8 Å². The molecule has 3 rings (SSSR count). The minimum absolute atomic E-state index is 0.0547. The number of aryl methyl sites for hydroxylation is 1. The highest BCUT2D eigenvalue weighted by Gasteiger charge is 2.40. The third kappa shape index (κ3) is 1.92. The number of aromatic nitrogens is 1. The van der Waals surface area contributed by atoms with E-state index in [1.807, 2.05) is 6.92 Å². The van der Waals surface area contributed by atoms with Gasteiger partial charge in [0.25, 0.3) is 11.7 Å². The Labute approximate surface area is 122 Å². The average molecular weight is 311 g/mol. The molecule has 0 radical (unpaired) electrons. The number of ketones is 1. The Morgan fingerprint density at radius 2 is 2.15 bits per heavy atom. The summed E-state index contributed by atoms with van der Waals surface area (Å²) < 4.78 is 14.0. The van der Waals surface area contributed by atoms with Crippen LogP contribution < -0.4 is 4.90 Å². The number of hydrogen-bond donors (Lipinski definition) is 0. The summed E-state index contributed by atoms with van der Waals surface area (Å²) in [5.41, 5.74) is 0.489. The molecule has 7 heteroatoms. The molecule has 0 saturated carbocycles. The van der Waals surface area contributed by atoms with E-state index in [9.17, 15) is 14.0 Å². The van der Waals surface area contributed by atoms with Gasteiger partial charge in [0.05, 0.1) is 33.5 Å². The van der Waals surface area contributed by atoms with E-state index in [0.717, 1.165) is 16.0 Å². The number of halogens is 2. The molecule has 1 aliphatic heterocycles. The molecule has 102 valence electrons. The first-order valence-corrected chi connectivity index (χ1v) is 7.00. The summed E-state index contributed by atoms with van der Waals surface area (Å²) in [4.78, 5) is 29.2. The fourth-order valence-corrected chi connectivity index (χ4v) is 2.99. The van der Waals surface area contributed by atoms with Crippen LogP contribution in [0.15, 0.2) is 17.5 Å². The molecule has 0 atom stereocenters. The molecule has 0 aliphatic carbocycles. The van der Waals surface area contributed by atoms with E-state index in [1.54, 1.807) is 5.38 Å². The zero-order valence-electron chi connectivity index (χ0n) is 10.3. The first-order chi connectivity index (χ1) is 9.49. The second-order valence-electron chi connectivity index (χ2n) is 4.33. The molecule has 0 N–H and O–H groups in total. The van der Waals surface area contributed by atoms with Gasteiger partial charge in [-0.05, 0) is 19.1 Å². The van der Waals surface area contributed by atoms with Crippen molar-refractivity contribution in [3.63, 3.8) is 0 Å². The molecule has 2 heterocycles. The second-order valence-corrected chi connectivity index (χ2v) is 5.80. The average Bonchev–Trinajstić information content (AvgIpc) is 2.92. The SMILES string of the molecule is Cc1nc(CN2C(=O)C(=O)c3c(Cl)ccc(F)c32)cs1. The zero-order valence-corrected chi connectivity index (χ0v) is 11.9. The predicted octanol–water partition coefficient (Wildman–Crippen LogP) is 2.97. The van der Waals surface area contributed by atoms with Crippen molar-refractivity contribution in [1.82, 2.24) is 4.98 Å². The van der Waals surface area contributed by atoms with Crippen molar-refractivity contribution < 1.29 is 14.0 Å². The third-order valence-electron chi connectivity index (χ3n) is 3.00. The number of Topliss-reactive ketones (excluding diaryl/α,β-unsaturated/α-hetero) is 1. The number of carbonyl (C=O) groups excluding carboxylic acids is 2. The number of rotatable bonds is 2. The number of fused-ring (bicyclic) bond motifs is 1. The van der Waals surface area contributed by atoms with Gasteiger partial charge in [0.1, 0.15) is 5.82 Å². The van der Waals surface area contributed by atoms with Gasteiger partial charge in [0.2, 0.25) is 0 Å². The van der Waals surface area contributed by atoms with Gasteiger partial charge in [-0.15, -0.1) is 11.3 Å². The van der Waals surface area contributed by atoms with E-state index >= 15 is 0 Å². The van der Waals surface area contributed by atoms with E-state index in [2.05, 4.69) is 4.98 Å². The normalized spacial score (nSPS) is 14.1. The molecule has 1 aliphatic rings. The largest absolute Gasteiger partial charge is 0.299 e. The van der Waals surface area contributed by atoms with E-state index in [4.69, 9.17) is 11.6 Å². The quantitative estimate of drug-likeness (QED) is 0.801. The van der Waals surface area contributed by atoms with Gasteiger partial charge in [-0.2, -0.15) is 0 Å². The molecular formula is C13H8ClFN2O2S. The number of benzene rings is 1. The van der Waals surface area contributed by atoms with Crippen LogP contribution in [0.3, 0.4) is 0 Å². The first kappa shape index (κ1) is 13.2. The summed E-state index contributed by atoms with van der Waals surface area (Å²) in [6.45, 7) is 1.88. The summed E-state index contributed by atoms with van der Waals surface area (Å²) in [7, 11) is 0. The molecule has 4 nitrogen and oxygen atoms in total. The van der Waals surface area contributed by atoms with Crippen molar-refractivity contribution in [3.05, 3.63) is 44.6 Å². The fraction of sp³-hybridized carbons (Fsp3) is 0.154. The van der Waals surface area contributed by atoms with Gasteiger partial charge in [0, 0.05) is 5.38 Å². The van der Waals surface area contributed by atoms with Crippen LogP contribution in [0, 0.1) is 12.7 Å². The van der Waals surface area contributed by atoms with Crippen LogP contribution in [-0.4, -0.2) is 16.7 Å². The van der Waals surface area contributed by atoms with Gasteiger partial charge in [0.15, 0.2) is 0 Å². The number of anilines is 1. The maximum Gasteiger partial charge on any atom is 0.299 e. The minimum atomic E-state index is -0.781. The molecule has 0 spiro atoms. The topological polar surface area (TPSA) is 50.3 Å². The zero-order chi connectivity index (χ0) is 14.4. The van der Waals surface area contributed by atoms with Crippen molar-refractivity contribution in [3.8, 4) is 0 Å². The van der Waals surface area contributed by atoms with E-state index < -0.39 is 17.5 Å². The molecule has 1 aromatic carbocycles. The molecule has 20 heavy (non-hydrogen) atoms. The molecule has 1 amide bonds. The van der Waals surface area contributed by atoms with Crippen molar-refractivity contribution >= 4 is 40.3 Å². The first-order valence-electron chi connectivity index (χ1n) is 5.74. The number of carbonyl (C=O) groups is 2. The van der Waals surface area contributed by atoms with Crippen molar-refractivity contribution in [2.45, 2.75) is 13.5 Å². The van der Waals surface area contributed by atoms with E-state index in [0.29, 0.717) is 5.69 Å². The van der Waals surface area contributed by atoms with E-state index in [1.165, 1.54) is 17.4 Å². The maximum absolute atomic E-state index is 14.0. The Balaban J connectivity index is 2.08. The van der Waals surface area contributed by atoms with Crippen molar-refractivity contribution in [2.75, 3.05) is 4.90 Å². The Hall–Kier alpha value is -1.79. The standard InChI is InChI=1S/C13H8ClFN2O2S/c1-6-16-7(5-20-6)4-17-11-9(15)3-2-8(14)10(11)12(18)13(17)19/h2-3,5H,4H2,1H3. The smallest absolute Gasteiger partial charge is 0.296 e. The van der Waals surface area contributed by atoms with Crippen LogP contribution in [0.25, 0.3) is 0 Å². The number of amides is 1. The Morgan fingerprint density at radius 1 is 1.40 bits per heavy atom. The summed E-state index contributed by atoms with van der Waals surface area (Å²) in [6, 6.07) is 2.42. The van der Waals surface area contributed by atoms with Crippen LogP contribution in [0.5, 0.6) is 0 Å². The lowest BCUT2D eigenvalue weighted by Gasteiger charge is -2.15. The molecule has 1 aromatic heterocycles. The van der Waals surface area contributed by atoms with Crippen molar-refractivity contribution in [2.24, 2.45) is 0 Å². The van der Waals surface area contributed by atoms with Gasteiger partial charge in [-0.3, -0.25) is 14.5 Å². The highest BCUT2D eigenvalue weighted by molar-refractivity contribution is 7.09. The second kappa shape index (κ2) is 4.64. The van der Waals surface area contributed by atoms with Crippen molar-refractivity contribution in [1.29, 1.82) is 0 Å².